The van der Waals surface area contributed by atoms with Crippen molar-refractivity contribution in [1.29, 1.82) is 0 Å². The molecule has 1 aromatic carbocycles. The average Bonchev–Trinajstić information content (AvgIpc) is 2.88. The highest BCUT2D eigenvalue weighted by molar-refractivity contribution is 7.12. The normalized spacial score (nSPS) is 10.3. The molecule has 0 saturated carbocycles. The number of aromatic carboxylic acids is 1. The number of benzene rings is 1. The number of ether oxygens (including phenoxy) is 1. The quantitative estimate of drug-likeness (QED) is 0.875. The Hall–Kier alpha value is -1.72. The first-order valence-corrected chi connectivity index (χ1v) is 7.16. The zero-order valence-electron chi connectivity index (χ0n) is 11.1. The van der Waals surface area contributed by atoms with Crippen LogP contribution in [0.3, 0.4) is 0 Å². The molecule has 2 rings (SSSR count). The Morgan fingerprint density at radius 3 is 2.90 bits per heavy atom. The Balaban J connectivity index is 2.20. The van der Waals surface area contributed by atoms with Gasteiger partial charge in [0.1, 0.15) is 10.6 Å². The van der Waals surface area contributed by atoms with E-state index in [0.717, 1.165) is 16.8 Å². The molecule has 106 valence electrons. The van der Waals surface area contributed by atoms with Crippen LogP contribution in [0.4, 0.5) is 5.69 Å². The molecule has 0 saturated heterocycles. The van der Waals surface area contributed by atoms with E-state index in [1.807, 2.05) is 13.0 Å². The molecule has 0 aliphatic rings. The molecule has 0 aliphatic carbocycles. The number of aryl methyl sites for hydroxylation is 1. The van der Waals surface area contributed by atoms with Gasteiger partial charge in [-0.2, -0.15) is 0 Å². The summed E-state index contributed by atoms with van der Waals surface area (Å²) in [7, 11) is 1.57. The lowest BCUT2D eigenvalue weighted by molar-refractivity contribution is 0.0701. The van der Waals surface area contributed by atoms with E-state index < -0.39 is 5.97 Å². The van der Waals surface area contributed by atoms with Crippen molar-refractivity contribution in [2.24, 2.45) is 0 Å². The van der Waals surface area contributed by atoms with E-state index in [1.54, 1.807) is 24.6 Å². The lowest BCUT2D eigenvalue weighted by Gasteiger charge is -2.13. The van der Waals surface area contributed by atoms with E-state index in [4.69, 9.17) is 21.4 Å². The molecule has 0 atom stereocenters. The van der Waals surface area contributed by atoms with Gasteiger partial charge < -0.3 is 15.2 Å². The van der Waals surface area contributed by atoms with E-state index in [0.29, 0.717) is 22.2 Å². The van der Waals surface area contributed by atoms with E-state index in [-0.39, 0.29) is 0 Å². The van der Waals surface area contributed by atoms with Crippen molar-refractivity contribution >= 4 is 34.6 Å². The topological polar surface area (TPSA) is 58.6 Å². The number of methoxy groups -OCH3 is 1. The summed E-state index contributed by atoms with van der Waals surface area (Å²) in [4.78, 5) is 11.4. The minimum absolute atomic E-state index is 0.349. The third-order valence-electron chi connectivity index (χ3n) is 2.89. The monoisotopic (exact) mass is 311 g/mol. The van der Waals surface area contributed by atoms with Crippen molar-refractivity contribution in [3.8, 4) is 5.75 Å². The van der Waals surface area contributed by atoms with E-state index in [2.05, 4.69) is 5.32 Å². The van der Waals surface area contributed by atoms with Crippen molar-refractivity contribution in [3.05, 3.63) is 44.6 Å². The van der Waals surface area contributed by atoms with Crippen LogP contribution in [0, 0.1) is 6.92 Å². The number of nitrogens with one attached hydrogen (secondary N) is 1. The van der Waals surface area contributed by atoms with Gasteiger partial charge >= 0.3 is 5.97 Å². The van der Waals surface area contributed by atoms with Crippen LogP contribution in [0.1, 0.15) is 20.8 Å². The van der Waals surface area contributed by atoms with Crippen LogP contribution in [-0.2, 0) is 6.54 Å². The summed E-state index contributed by atoms with van der Waals surface area (Å²) in [5.41, 5.74) is 2.47. The third kappa shape index (κ3) is 3.05. The van der Waals surface area contributed by atoms with Gasteiger partial charge in [0.25, 0.3) is 0 Å². The lowest BCUT2D eigenvalue weighted by atomic mass is 10.2. The minimum atomic E-state index is -0.906. The number of carbonyl (C=O) groups is 1. The maximum absolute atomic E-state index is 11.1. The molecule has 1 heterocycles. The number of anilines is 1. The highest BCUT2D eigenvalue weighted by atomic mass is 35.5. The smallest absolute Gasteiger partial charge is 0.346 e. The summed E-state index contributed by atoms with van der Waals surface area (Å²) in [5.74, 6) is -0.274. The fourth-order valence-electron chi connectivity index (χ4n) is 1.82. The molecule has 20 heavy (non-hydrogen) atoms. The first kappa shape index (κ1) is 14.7. The van der Waals surface area contributed by atoms with Gasteiger partial charge in [0.15, 0.2) is 0 Å². The first-order chi connectivity index (χ1) is 9.52. The van der Waals surface area contributed by atoms with Gasteiger partial charge in [0.05, 0.1) is 12.8 Å². The summed E-state index contributed by atoms with van der Waals surface area (Å²) in [6.45, 7) is 2.32. The van der Waals surface area contributed by atoms with Crippen LogP contribution in [0.15, 0.2) is 23.6 Å². The molecule has 0 spiro atoms. The van der Waals surface area contributed by atoms with Crippen molar-refractivity contribution in [1.82, 2.24) is 0 Å². The van der Waals surface area contributed by atoms with Gasteiger partial charge in [0.2, 0.25) is 0 Å². The zero-order valence-corrected chi connectivity index (χ0v) is 12.6. The van der Waals surface area contributed by atoms with Gasteiger partial charge in [0, 0.05) is 17.6 Å². The van der Waals surface area contributed by atoms with Crippen molar-refractivity contribution in [2.75, 3.05) is 12.4 Å². The SMILES string of the molecule is COc1cc(Cl)c(C)cc1NCc1ccsc1C(=O)O. The third-order valence-corrected chi connectivity index (χ3v) is 4.24. The average molecular weight is 312 g/mol. The van der Waals surface area contributed by atoms with E-state index >= 15 is 0 Å². The molecule has 1 aromatic heterocycles. The van der Waals surface area contributed by atoms with Crippen LogP contribution in [0.25, 0.3) is 0 Å². The Bertz CT molecular complexity index is 639. The van der Waals surface area contributed by atoms with Gasteiger partial charge in [-0.15, -0.1) is 11.3 Å². The predicted molar refractivity (Wildman–Crippen MR) is 81.3 cm³/mol. The number of rotatable bonds is 5. The molecule has 0 amide bonds. The van der Waals surface area contributed by atoms with Crippen LogP contribution in [0.5, 0.6) is 5.75 Å². The largest absolute Gasteiger partial charge is 0.495 e. The molecule has 2 aromatic rings. The molecular weight excluding hydrogens is 298 g/mol. The predicted octanol–water partition coefficient (Wildman–Crippen LogP) is 4.03. The van der Waals surface area contributed by atoms with Crippen LogP contribution in [-0.4, -0.2) is 18.2 Å². The summed E-state index contributed by atoms with van der Waals surface area (Å²) in [5, 5.41) is 14.7. The number of hydrogen-bond donors (Lipinski definition) is 2. The fourth-order valence-corrected chi connectivity index (χ4v) is 2.74. The number of hydrogen-bond acceptors (Lipinski definition) is 4. The van der Waals surface area contributed by atoms with Gasteiger partial charge in [-0.25, -0.2) is 4.79 Å². The molecule has 4 nitrogen and oxygen atoms in total. The first-order valence-electron chi connectivity index (χ1n) is 5.90. The number of carboxylic acid groups (broad SMARTS) is 1. The molecule has 6 heteroatoms. The Kier molecular flexibility index (Phi) is 4.52. The highest BCUT2D eigenvalue weighted by Gasteiger charge is 2.12. The van der Waals surface area contributed by atoms with Crippen molar-refractivity contribution in [2.45, 2.75) is 13.5 Å². The molecule has 0 bridgehead atoms. The van der Waals surface area contributed by atoms with E-state index in [1.165, 1.54) is 11.3 Å². The van der Waals surface area contributed by atoms with Crippen LogP contribution >= 0.6 is 22.9 Å². The molecule has 0 radical (unpaired) electrons. The summed E-state index contributed by atoms with van der Waals surface area (Å²) in [6.07, 6.45) is 0. The standard InChI is InChI=1S/C14H14ClNO3S/c1-8-5-11(12(19-2)6-10(8)15)16-7-9-3-4-20-13(9)14(17)18/h3-6,16H,7H2,1-2H3,(H,17,18). The summed E-state index contributed by atoms with van der Waals surface area (Å²) < 4.78 is 5.27. The zero-order chi connectivity index (χ0) is 14.7. The Morgan fingerprint density at radius 2 is 2.25 bits per heavy atom. The second-order valence-electron chi connectivity index (χ2n) is 4.24. The Labute approximate surface area is 126 Å². The molecule has 2 N–H and O–H groups in total. The molecule has 0 unspecified atom stereocenters. The van der Waals surface area contributed by atoms with Crippen molar-refractivity contribution < 1.29 is 14.6 Å². The van der Waals surface area contributed by atoms with Gasteiger partial charge in [-0.05, 0) is 35.6 Å². The van der Waals surface area contributed by atoms with Crippen molar-refractivity contribution in [3.63, 3.8) is 0 Å². The summed E-state index contributed by atoms with van der Waals surface area (Å²) in [6, 6.07) is 5.43. The molecular formula is C14H14ClNO3S. The second kappa shape index (κ2) is 6.15. The van der Waals surface area contributed by atoms with Crippen LogP contribution < -0.4 is 10.1 Å². The van der Waals surface area contributed by atoms with Gasteiger partial charge in [-0.1, -0.05) is 11.6 Å². The van der Waals surface area contributed by atoms with E-state index in [9.17, 15) is 4.79 Å². The number of thiophene rings is 1. The maximum Gasteiger partial charge on any atom is 0.346 e. The van der Waals surface area contributed by atoms with Gasteiger partial charge in [-0.3, -0.25) is 0 Å². The Morgan fingerprint density at radius 1 is 1.50 bits per heavy atom. The maximum atomic E-state index is 11.1. The summed E-state index contributed by atoms with van der Waals surface area (Å²) >= 11 is 7.26. The number of carboxylic acids is 1. The molecule has 0 aliphatic heterocycles. The lowest BCUT2D eigenvalue weighted by Crippen LogP contribution is -2.05. The van der Waals surface area contributed by atoms with Crippen LogP contribution in [0.2, 0.25) is 5.02 Å². The number of halogens is 1. The molecule has 0 fully saturated rings. The highest BCUT2D eigenvalue weighted by Crippen LogP contribution is 2.31. The minimum Gasteiger partial charge on any atom is -0.495 e. The fraction of sp³-hybridized carbons (Fsp3) is 0.214. The second-order valence-corrected chi connectivity index (χ2v) is 5.56.